The molecule has 2 saturated carbocycles. The van der Waals surface area contributed by atoms with Gasteiger partial charge in [0.1, 0.15) is 0 Å². The zero-order valence-electron chi connectivity index (χ0n) is 10.3. The SMILES string of the molecule is OCC1CC1.c1ccc(COC2CCC2)cc1. The van der Waals surface area contributed by atoms with Crippen LogP contribution in [0.15, 0.2) is 30.3 Å². The van der Waals surface area contributed by atoms with Crippen molar-refractivity contribution in [1.82, 2.24) is 0 Å². The van der Waals surface area contributed by atoms with E-state index in [0.29, 0.717) is 18.6 Å². The summed E-state index contributed by atoms with van der Waals surface area (Å²) >= 11 is 0. The number of rotatable bonds is 4. The molecule has 0 saturated heterocycles. The fourth-order valence-corrected chi connectivity index (χ4v) is 1.63. The lowest BCUT2D eigenvalue weighted by atomic mass is 9.96. The predicted molar refractivity (Wildman–Crippen MR) is 68.7 cm³/mol. The van der Waals surface area contributed by atoms with E-state index in [2.05, 4.69) is 24.3 Å². The standard InChI is InChI=1S/C11H14O.C4H8O/c1-2-5-10(6-3-1)9-12-11-7-4-8-11;5-3-4-1-2-4/h1-3,5-6,11H,4,7-9H2;4-5H,1-3H2. The molecule has 94 valence electrons. The molecule has 3 rings (SSSR count). The molecule has 0 unspecified atom stereocenters. The lowest BCUT2D eigenvalue weighted by Crippen LogP contribution is -2.21. The first-order valence-corrected chi connectivity index (χ1v) is 6.65. The fraction of sp³-hybridized carbons (Fsp3) is 0.600. The average molecular weight is 234 g/mol. The molecule has 1 N–H and O–H groups in total. The summed E-state index contributed by atoms with van der Waals surface area (Å²) in [5.74, 6) is 0.690. The molecule has 0 spiro atoms. The summed E-state index contributed by atoms with van der Waals surface area (Å²) in [5.41, 5.74) is 1.28. The number of aliphatic hydroxyl groups is 1. The van der Waals surface area contributed by atoms with Crippen molar-refractivity contribution in [3.05, 3.63) is 35.9 Å². The molecule has 2 nitrogen and oxygen atoms in total. The third-order valence-corrected chi connectivity index (χ3v) is 3.34. The maximum Gasteiger partial charge on any atom is 0.0720 e. The van der Waals surface area contributed by atoms with Crippen LogP contribution in [0.4, 0.5) is 0 Å². The van der Waals surface area contributed by atoms with Gasteiger partial charge in [0, 0.05) is 6.61 Å². The van der Waals surface area contributed by atoms with Gasteiger partial charge in [0.25, 0.3) is 0 Å². The zero-order valence-corrected chi connectivity index (χ0v) is 10.3. The van der Waals surface area contributed by atoms with Crippen LogP contribution in [0, 0.1) is 5.92 Å². The Balaban J connectivity index is 0.000000181. The summed E-state index contributed by atoms with van der Waals surface area (Å²) in [6.45, 7) is 1.20. The van der Waals surface area contributed by atoms with E-state index in [4.69, 9.17) is 9.84 Å². The van der Waals surface area contributed by atoms with Gasteiger partial charge in [-0.05, 0) is 43.6 Å². The molecular weight excluding hydrogens is 212 g/mol. The van der Waals surface area contributed by atoms with Gasteiger partial charge in [0.2, 0.25) is 0 Å². The van der Waals surface area contributed by atoms with Gasteiger partial charge >= 0.3 is 0 Å². The second-order valence-electron chi connectivity index (χ2n) is 4.98. The zero-order chi connectivity index (χ0) is 11.9. The van der Waals surface area contributed by atoms with E-state index in [9.17, 15) is 0 Å². The number of hydrogen-bond donors (Lipinski definition) is 1. The van der Waals surface area contributed by atoms with Crippen LogP contribution in [0.1, 0.15) is 37.7 Å². The van der Waals surface area contributed by atoms with E-state index in [1.165, 1.54) is 37.7 Å². The van der Waals surface area contributed by atoms with Crippen LogP contribution in [0.3, 0.4) is 0 Å². The third kappa shape index (κ3) is 4.88. The van der Waals surface area contributed by atoms with Crippen molar-refractivity contribution in [3.63, 3.8) is 0 Å². The molecular formula is C15H22O2. The molecule has 0 radical (unpaired) electrons. The Morgan fingerprint density at radius 3 is 2.18 bits per heavy atom. The minimum atomic E-state index is 0.417. The monoisotopic (exact) mass is 234 g/mol. The fourth-order valence-electron chi connectivity index (χ4n) is 1.63. The van der Waals surface area contributed by atoms with Crippen LogP contribution in [-0.4, -0.2) is 17.8 Å². The van der Waals surface area contributed by atoms with Crippen molar-refractivity contribution < 1.29 is 9.84 Å². The molecule has 0 atom stereocenters. The molecule has 2 aliphatic carbocycles. The maximum absolute atomic E-state index is 8.21. The highest BCUT2D eigenvalue weighted by Crippen LogP contribution is 2.27. The Labute approximate surface area is 104 Å². The van der Waals surface area contributed by atoms with Crippen LogP contribution >= 0.6 is 0 Å². The van der Waals surface area contributed by atoms with Crippen LogP contribution in [0.5, 0.6) is 0 Å². The number of benzene rings is 1. The molecule has 1 aromatic carbocycles. The van der Waals surface area contributed by atoms with E-state index < -0.39 is 0 Å². The van der Waals surface area contributed by atoms with Crippen molar-refractivity contribution in [2.45, 2.75) is 44.8 Å². The van der Waals surface area contributed by atoms with Crippen LogP contribution in [-0.2, 0) is 11.3 Å². The first-order valence-electron chi connectivity index (χ1n) is 6.65. The molecule has 0 aromatic heterocycles. The highest BCUT2D eigenvalue weighted by atomic mass is 16.5. The Hall–Kier alpha value is -0.860. The van der Waals surface area contributed by atoms with E-state index in [0.717, 1.165) is 6.61 Å². The quantitative estimate of drug-likeness (QED) is 0.867. The smallest absolute Gasteiger partial charge is 0.0720 e. The van der Waals surface area contributed by atoms with Gasteiger partial charge in [0.15, 0.2) is 0 Å². The highest BCUT2D eigenvalue weighted by Gasteiger charge is 2.18. The topological polar surface area (TPSA) is 29.5 Å². The molecule has 0 heterocycles. The van der Waals surface area contributed by atoms with Gasteiger partial charge in [0.05, 0.1) is 12.7 Å². The second-order valence-corrected chi connectivity index (χ2v) is 4.98. The summed E-state index contributed by atoms with van der Waals surface area (Å²) in [7, 11) is 0. The molecule has 2 heteroatoms. The van der Waals surface area contributed by atoms with E-state index in [1.54, 1.807) is 0 Å². The number of hydrogen-bond acceptors (Lipinski definition) is 2. The minimum Gasteiger partial charge on any atom is -0.396 e. The third-order valence-electron chi connectivity index (χ3n) is 3.34. The second kappa shape index (κ2) is 6.77. The van der Waals surface area contributed by atoms with Gasteiger partial charge in [-0.2, -0.15) is 0 Å². The van der Waals surface area contributed by atoms with Gasteiger partial charge in [-0.15, -0.1) is 0 Å². The van der Waals surface area contributed by atoms with Crippen LogP contribution in [0.25, 0.3) is 0 Å². The van der Waals surface area contributed by atoms with Gasteiger partial charge in [-0.1, -0.05) is 30.3 Å². The first-order chi connectivity index (χ1) is 8.38. The molecule has 0 amide bonds. The van der Waals surface area contributed by atoms with Crippen molar-refractivity contribution in [2.75, 3.05) is 6.61 Å². The van der Waals surface area contributed by atoms with Crippen molar-refractivity contribution in [1.29, 1.82) is 0 Å². The summed E-state index contributed by atoms with van der Waals surface area (Å²) < 4.78 is 5.66. The molecule has 1 aromatic rings. The predicted octanol–water partition coefficient (Wildman–Crippen LogP) is 3.14. The summed E-state index contributed by atoms with van der Waals surface area (Å²) in [4.78, 5) is 0. The Bertz CT molecular complexity index is 302. The molecule has 2 aliphatic rings. The highest BCUT2D eigenvalue weighted by molar-refractivity contribution is 5.13. The van der Waals surface area contributed by atoms with E-state index >= 15 is 0 Å². The number of ether oxygens (including phenoxy) is 1. The van der Waals surface area contributed by atoms with Crippen molar-refractivity contribution in [3.8, 4) is 0 Å². The number of aliphatic hydroxyl groups excluding tert-OH is 1. The maximum atomic E-state index is 8.21. The summed E-state index contributed by atoms with van der Waals surface area (Å²) in [6, 6.07) is 10.4. The minimum absolute atomic E-state index is 0.417. The molecule has 2 fully saturated rings. The Morgan fingerprint density at radius 2 is 1.76 bits per heavy atom. The summed E-state index contributed by atoms with van der Waals surface area (Å²) in [6.07, 6.45) is 6.93. The van der Waals surface area contributed by atoms with Crippen LogP contribution in [0.2, 0.25) is 0 Å². The Morgan fingerprint density at radius 1 is 1.06 bits per heavy atom. The van der Waals surface area contributed by atoms with Crippen molar-refractivity contribution >= 4 is 0 Å². The first kappa shape index (κ1) is 12.6. The van der Waals surface area contributed by atoms with Crippen molar-refractivity contribution in [2.24, 2.45) is 5.92 Å². The molecule has 0 bridgehead atoms. The molecule has 0 aliphatic heterocycles. The van der Waals surface area contributed by atoms with Gasteiger partial charge in [-0.3, -0.25) is 0 Å². The lowest BCUT2D eigenvalue weighted by Gasteiger charge is -2.25. The van der Waals surface area contributed by atoms with Crippen LogP contribution < -0.4 is 0 Å². The van der Waals surface area contributed by atoms with E-state index in [-0.39, 0.29) is 0 Å². The Kier molecular flexibility index (Phi) is 5.02. The normalized spacial score (nSPS) is 19.1. The largest absolute Gasteiger partial charge is 0.396 e. The summed E-state index contributed by atoms with van der Waals surface area (Å²) in [5, 5.41) is 8.21. The van der Waals surface area contributed by atoms with Gasteiger partial charge < -0.3 is 9.84 Å². The molecule has 17 heavy (non-hydrogen) atoms. The lowest BCUT2D eigenvalue weighted by molar-refractivity contribution is -0.00866. The van der Waals surface area contributed by atoms with E-state index in [1.807, 2.05) is 6.07 Å². The van der Waals surface area contributed by atoms with Gasteiger partial charge in [-0.25, -0.2) is 0 Å². The average Bonchev–Trinajstić information content (AvgIpc) is 3.13.